The molecule has 0 radical (unpaired) electrons. The molecular formula is C16H20N2. The zero-order valence-corrected chi connectivity index (χ0v) is 10.9. The topological polar surface area (TPSA) is 24.9 Å². The van der Waals surface area contributed by atoms with E-state index >= 15 is 0 Å². The van der Waals surface area contributed by atoms with Crippen molar-refractivity contribution in [1.29, 1.82) is 0 Å². The lowest BCUT2D eigenvalue weighted by molar-refractivity contribution is 0.383. The first-order valence-corrected chi connectivity index (χ1v) is 6.91. The van der Waals surface area contributed by atoms with E-state index in [-0.39, 0.29) is 0 Å². The predicted molar refractivity (Wildman–Crippen MR) is 75.5 cm³/mol. The lowest BCUT2D eigenvalue weighted by Crippen LogP contribution is -2.24. The number of benzene rings is 1. The average molecular weight is 240 g/mol. The van der Waals surface area contributed by atoms with Crippen LogP contribution in [0.4, 0.5) is 0 Å². The second kappa shape index (κ2) is 5.07. The normalized spacial score (nSPS) is 18.3. The van der Waals surface area contributed by atoms with Crippen molar-refractivity contribution in [2.24, 2.45) is 5.92 Å². The molecule has 0 aliphatic heterocycles. The number of pyridine rings is 1. The Labute approximate surface area is 108 Å². The molecule has 0 spiro atoms. The van der Waals surface area contributed by atoms with Crippen LogP contribution in [-0.2, 0) is 0 Å². The maximum atomic E-state index is 4.83. The van der Waals surface area contributed by atoms with Crippen LogP contribution in [-0.4, -0.2) is 12.0 Å². The summed E-state index contributed by atoms with van der Waals surface area (Å²) in [4.78, 5) is 4.83. The third-order valence-electron chi connectivity index (χ3n) is 4.12. The summed E-state index contributed by atoms with van der Waals surface area (Å²) in [5, 5.41) is 4.69. The van der Waals surface area contributed by atoms with E-state index in [9.17, 15) is 0 Å². The van der Waals surface area contributed by atoms with Gasteiger partial charge in [-0.05, 0) is 37.9 Å². The molecule has 1 unspecified atom stereocenters. The molecule has 94 valence electrons. The molecule has 1 aliphatic carbocycles. The monoisotopic (exact) mass is 240 g/mol. The average Bonchev–Trinajstić information content (AvgIpc) is 2.93. The quantitative estimate of drug-likeness (QED) is 0.885. The van der Waals surface area contributed by atoms with E-state index < -0.39 is 0 Å². The van der Waals surface area contributed by atoms with E-state index in [0.29, 0.717) is 6.04 Å². The van der Waals surface area contributed by atoms with Gasteiger partial charge < -0.3 is 5.32 Å². The largest absolute Gasteiger partial charge is 0.311 e. The molecule has 0 amide bonds. The van der Waals surface area contributed by atoms with Crippen LogP contribution in [0.15, 0.2) is 36.4 Å². The van der Waals surface area contributed by atoms with Gasteiger partial charge in [0.1, 0.15) is 0 Å². The number of aromatic nitrogens is 1. The maximum Gasteiger partial charge on any atom is 0.0706 e. The van der Waals surface area contributed by atoms with Crippen LogP contribution in [0.1, 0.15) is 37.4 Å². The van der Waals surface area contributed by atoms with E-state index in [1.54, 1.807) is 0 Å². The summed E-state index contributed by atoms with van der Waals surface area (Å²) in [5.41, 5.74) is 2.30. The van der Waals surface area contributed by atoms with Gasteiger partial charge in [0.05, 0.1) is 17.3 Å². The van der Waals surface area contributed by atoms with Gasteiger partial charge in [-0.2, -0.15) is 0 Å². The number of rotatable bonds is 3. The van der Waals surface area contributed by atoms with Gasteiger partial charge in [-0.25, -0.2) is 0 Å². The van der Waals surface area contributed by atoms with Crippen LogP contribution < -0.4 is 5.32 Å². The SMILES string of the molecule is CNC(c1ccc2ccccc2n1)C1CCCC1. The van der Waals surface area contributed by atoms with Gasteiger partial charge >= 0.3 is 0 Å². The number of hydrogen-bond donors (Lipinski definition) is 1. The Hall–Kier alpha value is -1.41. The molecule has 1 aromatic carbocycles. The van der Waals surface area contributed by atoms with Crippen LogP contribution in [0.3, 0.4) is 0 Å². The van der Waals surface area contributed by atoms with Gasteiger partial charge in [0.15, 0.2) is 0 Å². The highest BCUT2D eigenvalue weighted by Gasteiger charge is 2.25. The minimum atomic E-state index is 0.414. The molecule has 1 fully saturated rings. The molecule has 2 heteroatoms. The molecule has 2 nitrogen and oxygen atoms in total. The van der Waals surface area contributed by atoms with Crippen LogP contribution in [0.25, 0.3) is 10.9 Å². The van der Waals surface area contributed by atoms with Crippen LogP contribution in [0.5, 0.6) is 0 Å². The van der Waals surface area contributed by atoms with Crippen molar-refractivity contribution in [2.75, 3.05) is 7.05 Å². The molecule has 1 aromatic heterocycles. The third kappa shape index (κ3) is 2.13. The van der Waals surface area contributed by atoms with Crippen LogP contribution in [0.2, 0.25) is 0 Å². The van der Waals surface area contributed by atoms with Crippen molar-refractivity contribution in [3.8, 4) is 0 Å². The summed E-state index contributed by atoms with van der Waals surface area (Å²) in [7, 11) is 2.06. The van der Waals surface area contributed by atoms with Crippen molar-refractivity contribution in [2.45, 2.75) is 31.7 Å². The zero-order chi connectivity index (χ0) is 12.4. The highest BCUT2D eigenvalue weighted by atomic mass is 14.9. The molecule has 0 bridgehead atoms. The first kappa shape index (κ1) is 11.7. The molecule has 18 heavy (non-hydrogen) atoms. The fourth-order valence-electron chi connectivity index (χ4n) is 3.17. The van der Waals surface area contributed by atoms with E-state index in [1.165, 1.54) is 36.8 Å². The maximum absolute atomic E-state index is 4.83. The summed E-state index contributed by atoms with van der Waals surface area (Å²) in [6.07, 6.45) is 5.41. The Morgan fingerprint density at radius 3 is 2.67 bits per heavy atom. The first-order chi connectivity index (χ1) is 8.88. The second-order valence-corrected chi connectivity index (χ2v) is 5.24. The van der Waals surface area contributed by atoms with Gasteiger partial charge in [0.2, 0.25) is 0 Å². The van der Waals surface area contributed by atoms with Gasteiger partial charge in [-0.1, -0.05) is 37.1 Å². The number of hydrogen-bond acceptors (Lipinski definition) is 2. The summed E-state index contributed by atoms with van der Waals surface area (Å²) in [6.45, 7) is 0. The van der Waals surface area contributed by atoms with Crippen molar-refractivity contribution in [3.05, 3.63) is 42.1 Å². The van der Waals surface area contributed by atoms with Gasteiger partial charge in [0.25, 0.3) is 0 Å². The highest BCUT2D eigenvalue weighted by Crippen LogP contribution is 2.35. The molecule has 1 aliphatic rings. The number of nitrogens with zero attached hydrogens (tertiary/aromatic N) is 1. The lowest BCUT2D eigenvalue weighted by Gasteiger charge is -2.22. The van der Waals surface area contributed by atoms with Gasteiger partial charge in [-0.3, -0.25) is 4.98 Å². The summed E-state index contributed by atoms with van der Waals surface area (Å²) in [6, 6.07) is 13.1. The second-order valence-electron chi connectivity index (χ2n) is 5.24. The van der Waals surface area contributed by atoms with E-state index in [2.05, 4.69) is 48.8 Å². The fourth-order valence-corrected chi connectivity index (χ4v) is 3.17. The molecule has 2 aromatic rings. The molecule has 1 saturated carbocycles. The number of nitrogens with one attached hydrogen (secondary N) is 1. The summed E-state index contributed by atoms with van der Waals surface area (Å²) in [5.74, 6) is 0.753. The smallest absolute Gasteiger partial charge is 0.0706 e. The lowest BCUT2D eigenvalue weighted by atomic mass is 9.94. The van der Waals surface area contributed by atoms with Crippen molar-refractivity contribution in [1.82, 2.24) is 10.3 Å². The molecule has 1 heterocycles. The number of para-hydroxylation sites is 1. The first-order valence-electron chi connectivity index (χ1n) is 6.91. The third-order valence-corrected chi connectivity index (χ3v) is 4.12. The van der Waals surface area contributed by atoms with E-state index in [4.69, 9.17) is 4.98 Å². The fraction of sp³-hybridized carbons (Fsp3) is 0.438. The molecule has 1 N–H and O–H groups in total. The van der Waals surface area contributed by atoms with Crippen LogP contribution >= 0.6 is 0 Å². The zero-order valence-electron chi connectivity index (χ0n) is 10.9. The van der Waals surface area contributed by atoms with Crippen LogP contribution in [0, 0.1) is 5.92 Å². The summed E-state index contributed by atoms with van der Waals surface area (Å²) < 4.78 is 0. The van der Waals surface area contributed by atoms with Crippen molar-refractivity contribution in [3.63, 3.8) is 0 Å². The Morgan fingerprint density at radius 2 is 1.89 bits per heavy atom. The van der Waals surface area contributed by atoms with Crippen molar-refractivity contribution >= 4 is 10.9 Å². The standard InChI is InChI=1S/C16H20N2/c1-17-16(13-7-2-3-8-13)15-11-10-12-6-4-5-9-14(12)18-15/h4-6,9-11,13,16-17H,2-3,7-8H2,1H3. The van der Waals surface area contributed by atoms with Gasteiger partial charge in [0, 0.05) is 5.39 Å². The molecule has 0 saturated heterocycles. The minimum absolute atomic E-state index is 0.414. The Balaban J connectivity index is 1.96. The van der Waals surface area contributed by atoms with Crippen molar-refractivity contribution < 1.29 is 0 Å². The highest BCUT2D eigenvalue weighted by molar-refractivity contribution is 5.78. The van der Waals surface area contributed by atoms with Gasteiger partial charge in [-0.15, -0.1) is 0 Å². The summed E-state index contributed by atoms with van der Waals surface area (Å²) >= 11 is 0. The predicted octanol–water partition coefficient (Wildman–Crippen LogP) is 3.69. The van der Waals surface area contributed by atoms with E-state index in [1.807, 2.05) is 0 Å². The molecule has 1 atom stereocenters. The Kier molecular flexibility index (Phi) is 3.28. The molecular weight excluding hydrogens is 220 g/mol. The minimum Gasteiger partial charge on any atom is -0.311 e. The molecule has 3 rings (SSSR count). The Morgan fingerprint density at radius 1 is 1.11 bits per heavy atom. The van der Waals surface area contributed by atoms with E-state index in [0.717, 1.165) is 11.4 Å². The number of fused-ring (bicyclic) bond motifs is 1. The Bertz CT molecular complexity index is 529.